The lowest BCUT2D eigenvalue weighted by Gasteiger charge is -2.11. The number of hydrogen-bond acceptors (Lipinski definition) is 2. The number of carbonyl (C=O) groups is 1. The van der Waals surface area contributed by atoms with Crippen molar-refractivity contribution in [1.82, 2.24) is 4.90 Å². The summed E-state index contributed by atoms with van der Waals surface area (Å²) in [6.07, 6.45) is 3.54. The zero-order valence-electron chi connectivity index (χ0n) is 12.7. The van der Waals surface area contributed by atoms with Gasteiger partial charge in [-0.1, -0.05) is 18.2 Å². The molecule has 1 aromatic heterocycles. The van der Waals surface area contributed by atoms with E-state index >= 15 is 0 Å². The molecule has 0 saturated carbocycles. The van der Waals surface area contributed by atoms with Gasteiger partial charge in [0.25, 0.3) is 0 Å². The number of aryl methyl sites for hydroxylation is 3. The molecule has 0 N–H and O–H groups in total. The summed E-state index contributed by atoms with van der Waals surface area (Å²) in [6, 6.07) is 13.9. The Morgan fingerprint density at radius 3 is 2.67 bits per heavy atom. The third-order valence-electron chi connectivity index (χ3n) is 3.30. The van der Waals surface area contributed by atoms with Crippen molar-refractivity contribution in [3.63, 3.8) is 0 Å². The van der Waals surface area contributed by atoms with Gasteiger partial charge < -0.3 is 9.64 Å². The Morgan fingerprint density at radius 1 is 1.14 bits per heavy atom. The van der Waals surface area contributed by atoms with Gasteiger partial charge in [-0.05, 0) is 24.1 Å². The summed E-state index contributed by atoms with van der Waals surface area (Å²) >= 11 is 0. The average molecular weight is 285 g/mol. The zero-order valence-corrected chi connectivity index (χ0v) is 12.7. The molecule has 2 aromatic rings. The van der Waals surface area contributed by atoms with Crippen LogP contribution < -0.4 is 9.30 Å². The van der Waals surface area contributed by atoms with E-state index in [0.29, 0.717) is 5.75 Å². The van der Waals surface area contributed by atoms with Gasteiger partial charge in [-0.2, -0.15) is 0 Å². The van der Waals surface area contributed by atoms with E-state index in [1.165, 1.54) is 10.6 Å². The molecule has 21 heavy (non-hydrogen) atoms. The van der Waals surface area contributed by atoms with Crippen LogP contribution in [0, 0.1) is 0 Å². The van der Waals surface area contributed by atoms with Gasteiger partial charge >= 0.3 is 6.09 Å². The predicted molar refractivity (Wildman–Crippen MR) is 81.2 cm³/mol. The van der Waals surface area contributed by atoms with Gasteiger partial charge in [0.05, 0.1) is 0 Å². The minimum absolute atomic E-state index is 0.360. The van der Waals surface area contributed by atoms with Crippen molar-refractivity contribution in [3.05, 3.63) is 59.9 Å². The maximum absolute atomic E-state index is 11.5. The highest BCUT2D eigenvalue weighted by Gasteiger charge is 2.08. The maximum atomic E-state index is 11.5. The Balaban J connectivity index is 2.01. The molecule has 0 atom stereocenters. The predicted octanol–water partition coefficient (Wildman–Crippen LogP) is 2.36. The summed E-state index contributed by atoms with van der Waals surface area (Å²) in [6.45, 7) is 0. The van der Waals surface area contributed by atoms with Crippen LogP contribution in [0.5, 0.6) is 5.75 Å². The highest BCUT2D eigenvalue weighted by Crippen LogP contribution is 2.15. The number of amides is 1. The Bertz CT molecular complexity index is 624. The number of aromatic nitrogens is 1. The molecule has 0 spiro atoms. The molecule has 0 radical (unpaired) electrons. The van der Waals surface area contributed by atoms with Gasteiger partial charge in [-0.15, -0.1) is 0 Å². The fraction of sp³-hybridized carbons (Fsp3) is 0.294. The van der Waals surface area contributed by atoms with Gasteiger partial charge in [0.1, 0.15) is 12.8 Å². The average Bonchev–Trinajstić information content (AvgIpc) is 2.46. The monoisotopic (exact) mass is 285 g/mol. The van der Waals surface area contributed by atoms with Crippen molar-refractivity contribution in [2.75, 3.05) is 14.1 Å². The molecular weight excluding hydrogens is 264 g/mol. The minimum Gasteiger partial charge on any atom is -0.410 e. The lowest BCUT2D eigenvalue weighted by molar-refractivity contribution is -0.679. The number of nitrogens with zero attached hydrogens (tertiary/aromatic N) is 2. The molecule has 0 fully saturated rings. The van der Waals surface area contributed by atoms with Crippen molar-refractivity contribution < 1.29 is 14.1 Å². The van der Waals surface area contributed by atoms with Crippen LogP contribution in [0.1, 0.15) is 11.3 Å². The Labute approximate surface area is 125 Å². The maximum Gasteiger partial charge on any atom is 0.414 e. The number of benzene rings is 1. The van der Waals surface area contributed by atoms with E-state index in [9.17, 15) is 4.79 Å². The summed E-state index contributed by atoms with van der Waals surface area (Å²) in [4.78, 5) is 13.0. The standard InChI is InChI=1S/C17H21N2O2/c1-18(2)17(20)21-16-9-6-7-14(13-16)10-11-15-8-4-5-12-19(15)3/h4-9,12-13H,10-11H2,1-3H3/q+1. The molecular formula is C17H21N2O2+. The topological polar surface area (TPSA) is 33.4 Å². The minimum atomic E-state index is -0.360. The van der Waals surface area contributed by atoms with Gasteiger partial charge in [-0.25, -0.2) is 9.36 Å². The first-order valence-corrected chi connectivity index (χ1v) is 6.98. The largest absolute Gasteiger partial charge is 0.414 e. The molecule has 1 heterocycles. The van der Waals surface area contributed by atoms with E-state index in [1.54, 1.807) is 20.2 Å². The quantitative estimate of drug-likeness (QED) is 0.808. The lowest BCUT2D eigenvalue weighted by atomic mass is 10.1. The smallest absolute Gasteiger partial charge is 0.410 e. The molecule has 1 aromatic carbocycles. The van der Waals surface area contributed by atoms with Crippen LogP contribution in [-0.4, -0.2) is 25.1 Å². The fourth-order valence-corrected chi connectivity index (χ4v) is 2.05. The second-order valence-electron chi connectivity index (χ2n) is 5.21. The first-order valence-electron chi connectivity index (χ1n) is 6.98. The van der Waals surface area contributed by atoms with E-state index < -0.39 is 0 Å². The van der Waals surface area contributed by atoms with E-state index in [-0.39, 0.29) is 6.09 Å². The second kappa shape index (κ2) is 6.88. The van der Waals surface area contributed by atoms with Crippen molar-refractivity contribution in [1.29, 1.82) is 0 Å². The van der Waals surface area contributed by atoms with Crippen molar-refractivity contribution in [2.24, 2.45) is 7.05 Å². The first kappa shape index (κ1) is 15.0. The lowest BCUT2D eigenvalue weighted by Crippen LogP contribution is -2.32. The van der Waals surface area contributed by atoms with Crippen LogP contribution in [0.3, 0.4) is 0 Å². The Hall–Kier alpha value is -2.36. The van der Waals surface area contributed by atoms with Crippen LogP contribution in [-0.2, 0) is 19.9 Å². The number of hydrogen-bond donors (Lipinski definition) is 0. The molecule has 0 bridgehead atoms. The van der Waals surface area contributed by atoms with Crippen LogP contribution >= 0.6 is 0 Å². The molecule has 4 heteroatoms. The van der Waals surface area contributed by atoms with Crippen LogP contribution in [0.25, 0.3) is 0 Å². The van der Waals surface area contributed by atoms with Gasteiger partial charge in [-0.3, -0.25) is 0 Å². The van der Waals surface area contributed by atoms with Gasteiger partial charge in [0.15, 0.2) is 11.9 Å². The number of ether oxygens (including phenoxy) is 1. The van der Waals surface area contributed by atoms with Crippen LogP contribution in [0.2, 0.25) is 0 Å². The summed E-state index contributed by atoms with van der Waals surface area (Å²) in [5.74, 6) is 0.587. The van der Waals surface area contributed by atoms with Crippen molar-refractivity contribution >= 4 is 6.09 Å². The van der Waals surface area contributed by atoms with E-state index in [2.05, 4.69) is 16.7 Å². The van der Waals surface area contributed by atoms with E-state index in [4.69, 9.17) is 4.74 Å². The first-order chi connectivity index (χ1) is 10.1. The second-order valence-corrected chi connectivity index (χ2v) is 5.21. The number of rotatable bonds is 4. The van der Waals surface area contributed by atoms with Crippen molar-refractivity contribution in [3.8, 4) is 5.75 Å². The molecule has 0 aliphatic heterocycles. The van der Waals surface area contributed by atoms with Crippen LogP contribution in [0.15, 0.2) is 48.7 Å². The zero-order chi connectivity index (χ0) is 15.2. The molecule has 4 nitrogen and oxygen atoms in total. The summed E-state index contributed by atoms with van der Waals surface area (Å²) in [5.41, 5.74) is 2.43. The number of pyridine rings is 1. The number of carbonyl (C=O) groups excluding carboxylic acids is 1. The normalized spacial score (nSPS) is 10.2. The molecule has 1 amide bonds. The highest BCUT2D eigenvalue weighted by atomic mass is 16.6. The van der Waals surface area contributed by atoms with Gasteiger partial charge in [0, 0.05) is 32.6 Å². The Kier molecular flexibility index (Phi) is 4.93. The van der Waals surface area contributed by atoms with Gasteiger partial charge in [0.2, 0.25) is 0 Å². The molecule has 110 valence electrons. The Morgan fingerprint density at radius 2 is 1.95 bits per heavy atom. The molecule has 0 saturated heterocycles. The van der Waals surface area contributed by atoms with E-state index in [0.717, 1.165) is 18.4 Å². The van der Waals surface area contributed by atoms with Crippen molar-refractivity contribution in [2.45, 2.75) is 12.8 Å². The molecule has 0 aliphatic rings. The fourth-order valence-electron chi connectivity index (χ4n) is 2.05. The SMILES string of the molecule is CN(C)C(=O)Oc1cccc(CCc2cccc[n+]2C)c1. The summed E-state index contributed by atoms with van der Waals surface area (Å²) in [5, 5.41) is 0. The molecule has 0 aliphatic carbocycles. The third-order valence-corrected chi connectivity index (χ3v) is 3.30. The molecule has 0 unspecified atom stereocenters. The summed E-state index contributed by atoms with van der Waals surface area (Å²) < 4.78 is 7.39. The van der Waals surface area contributed by atoms with Crippen LogP contribution in [0.4, 0.5) is 4.79 Å². The third kappa shape index (κ3) is 4.31. The van der Waals surface area contributed by atoms with E-state index in [1.807, 2.05) is 37.5 Å². The molecule has 2 rings (SSSR count). The highest BCUT2D eigenvalue weighted by molar-refractivity contribution is 5.69. The summed E-state index contributed by atoms with van der Waals surface area (Å²) in [7, 11) is 5.38.